The molecule has 0 aromatic rings. The van der Waals surface area contributed by atoms with Crippen LogP contribution in [0.2, 0.25) is 0 Å². The molecule has 0 aromatic heterocycles. The summed E-state index contributed by atoms with van der Waals surface area (Å²) in [7, 11) is 1.56. The zero-order valence-electron chi connectivity index (χ0n) is 9.21. The molecule has 0 aliphatic carbocycles. The average Bonchev–Trinajstić information content (AvgIpc) is 2.27. The number of thioether (sulfide) groups is 1. The van der Waals surface area contributed by atoms with E-state index in [1.165, 1.54) is 0 Å². The Balaban J connectivity index is 2.45. The Morgan fingerprint density at radius 2 is 2.21 bits per heavy atom. The second-order valence-corrected chi connectivity index (χ2v) is 5.97. The van der Waals surface area contributed by atoms with Gasteiger partial charge in [-0.1, -0.05) is 13.8 Å². The predicted octanol–water partition coefficient (Wildman–Crippen LogP) is 1.38. The van der Waals surface area contributed by atoms with Gasteiger partial charge in [-0.05, 0) is 6.42 Å². The van der Waals surface area contributed by atoms with E-state index >= 15 is 0 Å². The number of carbonyl (C=O) groups excluding carboxylic acids is 1. The highest BCUT2D eigenvalue weighted by molar-refractivity contribution is 8.00. The zero-order valence-corrected chi connectivity index (χ0v) is 10.0. The van der Waals surface area contributed by atoms with Crippen molar-refractivity contribution in [2.75, 3.05) is 32.6 Å². The van der Waals surface area contributed by atoms with Gasteiger partial charge < -0.3 is 9.64 Å². The van der Waals surface area contributed by atoms with Crippen molar-refractivity contribution in [3.63, 3.8) is 0 Å². The third kappa shape index (κ3) is 3.50. The Labute approximate surface area is 90.2 Å². The van der Waals surface area contributed by atoms with Crippen LogP contribution < -0.4 is 0 Å². The van der Waals surface area contributed by atoms with Crippen LogP contribution in [0.15, 0.2) is 0 Å². The van der Waals surface area contributed by atoms with Crippen molar-refractivity contribution in [3.8, 4) is 0 Å². The fraction of sp³-hybridized carbons (Fsp3) is 0.900. The lowest BCUT2D eigenvalue weighted by Gasteiger charge is -2.22. The van der Waals surface area contributed by atoms with E-state index < -0.39 is 0 Å². The molecule has 1 aliphatic rings. The first-order valence-electron chi connectivity index (χ1n) is 4.96. The molecule has 14 heavy (non-hydrogen) atoms. The van der Waals surface area contributed by atoms with Gasteiger partial charge in [0.05, 0.1) is 0 Å². The topological polar surface area (TPSA) is 29.5 Å². The summed E-state index contributed by atoms with van der Waals surface area (Å²) in [5.74, 6) is 1.15. The molecule has 1 rings (SSSR count). The van der Waals surface area contributed by atoms with E-state index in [2.05, 4.69) is 13.8 Å². The number of nitrogens with zero attached hydrogens (tertiary/aromatic N) is 1. The molecule has 0 aromatic carbocycles. The summed E-state index contributed by atoms with van der Waals surface area (Å²) in [6.45, 7) is 6.41. The lowest BCUT2D eigenvalue weighted by atomic mass is 10.1. The van der Waals surface area contributed by atoms with Crippen LogP contribution in [0.4, 0.5) is 0 Å². The van der Waals surface area contributed by atoms with Gasteiger partial charge in [-0.25, -0.2) is 0 Å². The van der Waals surface area contributed by atoms with Crippen molar-refractivity contribution in [1.29, 1.82) is 0 Å². The van der Waals surface area contributed by atoms with Crippen LogP contribution in [0, 0.1) is 0 Å². The number of hydrogen-bond donors (Lipinski definition) is 0. The van der Waals surface area contributed by atoms with Gasteiger partial charge in [-0.15, -0.1) is 0 Å². The van der Waals surface area contributed by atoms with E-state index in [0.717, 1.165) is 25.3 Å². The molecule has 1 saturated heterocycles. The predicted molar refractivity (Wildman–Crippen MR) is 59.6 cm³/mol. The lowest BCUT2D eigenvalue weighted by Crippen LogP contribution is -2.36. The maximum atomic E-state index is 11.6. The molecule has 82 valence electrons. The normalized spacial score (nSPS) is 21.8. The van der Waals surface area contributed by atoms with Crippen LogP contribution in [-0.4, -0.2) is 48.1 Å². The monoisotopic (exact) mass is 217 g/mol. The summed E-state index contributed by atoms with van der Waals surface area (Å²) in [5, 5.41) is 0. The minimum atomic E-state index is 0.116. The molecule has 0 atom stereocenters. The van der Waals surface area contributed by atoms with Gasteiger partial charge >= 0.3 is 0 Å². The fourth-order valence-corrected chi connectivity index (χ4v) is 2.58. The van der Waals surface area contributed by atoms with Crippen LogP contribution in [0.1, 0.15) is 20.3 Å². The summed E-state index contributed by atoms with van der Waals surface area (Å²) >= 11 is 1.95. The van der Waals surface area contributed by atoms with Gasteiger partial charge in [-0.3, -0.25) is 4.79 Å². The molecule has 0 unspecified atom stereocenters. The second kappa shape index (κ2) is 5.03. The van der Waals surface area contributed by atoms with Crippen molar-refractivity contribution >= 4 is 17.7 Å². The van der Waals surface area contributed by atoms with Gasteiger partial charge in [0.1, 0.15) is 6.61 Å². The summed E-state index contributed by atoms with van der Waals surface area (Å²) in [4.78, 5) is 13.5. The minimum Gasteiger partial charge on any atom is -0.375 e. The molecule has 0 spiro atoms. The highest BCUT2D eigenvalue weighted by Gasteiger charge is 2.25. The van der Waals surface area contributed by atoms with Gasteiger partial charge in [0.15, 0.2) is 0 Å². The van der Waals surface area contributed by atoms with E-state index in [9.17, 15) is 4.79 Å². The molecule has 0 saturated carbocycles. The Morgan fingerprint density at radius 1 is 1.50 bits per heavy atom. The van der Waals surface area contributed by atoms with Crippen molar-refractivity contribution in [3.05, 3.63) is 0 Å². The van der Waals surface area contributed by atoms with Crippen molar-refractivity contribution in [2.45, 2.75) is 25.0 Å². The average molecular weight is 217 g/mol. The highest BCUT2D eigenvalue weighted by atomic mass is 32.2. The number of rotatable bonds is 2. The van der Waals surface area contributed by atoms with Gasteiger partial charge in [-0.2, -0.15) is 11.8 Å². The standard InChI is InChI=1S/C10H19NO2S/c1-10(2)4-5-11(6-7-14-10)9(12)8-13-3/h4-8H2,1-3H3. The van der Waals surface area contributed by atoms with Crippen molar-refractivity contribution < 1.29 is 9.53 Å². The lowest BCUT2D eigenvalue weighted by molar-refractivity contribution is -0.134. The van der Waals surface area contributed by atoms with E-state index in [4.69, 9.17) is 4.74 Å². The molecule has 0 bridgehead atoms. The zero-order chi connectivity index (χ0) is 10.6. The molecule has 1 aliphatic heterocycles. The molecule has 3 nitrogen and oxygen atoms in total. The van der Waals surface area contributed by atoms with Crippen LogP contribution >= 0.6 is 11.8 Å². The molecule has 0 N–H and O–H groups in total. The number of carbonyl (C=O) groups is 1. The van der Waals surface area contributed by atoms with Crippen molar-refractivity contribution in [2.24, 2.45) is 0 Å². The Morgan fingerprint density at radius 3 is 2.86 bits per heavy atom. The summed E-state index contributed by atoms with van der Waals surface area (Å²) < 4.78 is 5.16. The van der Waals surface area contributed by atoms with Crippen LogP contribution in [0.5, 0.6) is 0 Å². The molecule has 1 amide bonds. The third-order valence-corrected chi connectivity index (χ3v) is 3.83. The van der Waals surface area contributed by atoms with Crippen LogP contribution in [0.25, 0.3) is 0 Å². The number of amides is 1. The molecule has 4 heteroatoms. The second-order valence-electron chi connectivity index (χ2n) is 4.17. The first-order chi connectivity index (χ1) is 6.55. The quantitative estimate of drug-likeness (QED) is 0.700. The molecule has 1 heterocycles. The highest BCUT2D eigenvalue weighted by Crippen LogP contribution is 2.30. The largest absolute Gasteiger partial charge is 0.375 e. The summed E-state index contributed by atoms with van der Waals surface area (Å²) in [6.07, 6.45) is 1.06. The van der Waals surface area contributed by atoms with Crippen LogP contribution in [-0.2, 0) is 9.53 Å². The van der Waals surface area contributed by atoms with Crippen LogP contribution in [0.3, 0.4) is 0 Å². The SMILES string of the molecule is COCC(=O)N1CCSC(C)(C)CC1. The Kier molecular flexibility index (Phi) is 4.26. The maximum Gasteiger partial charge on any atom is 0.248 e. The number of hydrogen-bond acceptors (Lipinski definition) is 3. The fourth-order valence-electron chi connectivity index (χ4n) is 1.48. The smallest absolute Gasteiger partial charge is 0.248 e. The van der Waals surface area contributed by atoms with Gasteiger partial charge in [0.25, 0.3) is 0 Å². The third-order valence-electron chi connectivity index (χ3n) is 2.46. The maximum absolute atomic E-state index is 11.6. The Bertz CT molecular complexity index is 206. The van der Waals surface area contributed by atoms with Gasteiger partial charge in [0, 0.05) is 30.7 Å². The van der Waals surface area contributed by atoms with E-state index in [0.29, 0.717) is 4.75 Å². The van der Waals surface area contributed by atoms with E-state index in [1.54, 1.807) is 7.11 Å². The molecular weight excluding hydrogens is 198 g/mol. The van der Waals surface area contributed by atoms with E-state index in [-0.39, 0.29) is 12.5 Å². The van der Waals surface area contributed by atoms with E-state index in [1.807, 2.05) is 16.7 Å². The molecule has 0 radical (unpaired) electrons. The van der Waals surface area contributed by atoms with Gasteiger partial charge in [0.2, 0.25) is 5.91 Å². The first-order valence-corrected chi connectivity index (χ1v) is 5.94. The molecular formula is C10H19NO2S. The number of methoxy groups -OCH3 is 1. The summed E-state index contributed by atoms with van der Waals surface area (Å²) in [5.41, 5.74) is 0. The first kappa shape index (κ1) is 11.9. The van der Waals surface area contributed by atoms with Crippen molar-refractivity contribution in [1.82, 2.24) is 4.90 Å². The molecule has 1 fully saturated rings. The Hall–Kier alpha value is -0.220. The minimum absolute atomic E-state index is 0.116. The number of ether oxygens (including phenoxy) is 1. The summed E-state index contributed by atoms with van der Waals surface area (Å²) in [6, 6.07) is 0.